The van der Waals surface area contributed by atoms with E-state index in [1.807, 2.05) is 0 Å². The van der Waals surface area contributed by atoms with Crippen molar-refractivity contribution in [3.8, 4) is 0 Å². The lowest BCUT2D eigenvalue weighted by atomic mass is 10.2. The fraction of sp³-hybridized carbons (Fsp3) is 0.133. The number of carbonyl (C=O) groups excluding carboxylic acids is 1. The first kappa shape index (κ1) is 15.6. The van der Waals surface area contributed by atoms with Crippen LogP contribution in [0.3, 0.4) is 0 Å². The van der Waals surface area contributed by atoms with Gasteiger partial charge in [0.15, 0.2) is 0 Å². The highest BCUT2D eigenvalue weighted by molar-refractivity contribution is 6.33. The molecule has 1 N–H and O–H groups in total. The Morgan fingerprint density at radius 3 is 2.57 bits per heavy atom. The van der Waals surface area contributed by atoms with Crippen LogP contribution in [0.15, 0.2) is 36.4 Å². The highest BCUT2D eigenvalue weighted by Gasteiger charge is 2.09. The number of methoxy groups -OCH3 is 1. The Bertz CT molecular complexity index is 677. The van der Waals surface area contributed by atoms with Gasteiger partial charge in [0, 0.05) is 6.54 Å². The normalized spacial score (nSPS) is 10.3. The van der Waals surface area contributed by atoms with Crippen molar-refractivity contribution in [2.24, 2.45) is 0 Å². The molecule has 0 aliphatic heterocycles. The largest absolute Gasteiger partial charge is 0.465 e. The molecule has 0 saturated heterocycles. The molecule has 6 heteroatoms. The second-order valence-electron chi connectivity index (χ2n) is 4.29. The van der Waals surface area contributed by atoms with Crippen LogP contribution in [0.4, 0.5) is 10.1 Å². The number of halogens is 3. The number of ether oxygens (including phenoxy) is 1. The van der Waals surface area contributed by atoms with Gasteiger partial charge in [-0.25, -0.2) is 9.18 Å². The first-order chi connectivity index (χ1) is 10.0. The third kappa shape index (κ3) is 3.86. The van der Waals surface area contributed by atoms with Crippen LogP contribution in [0.1, 0.15) is 15.9 Å². The summed E-state index contributed by atoms with van der Waals surface area (Å²) in [4.78, 5) is 11.5. The number of hydrogen-bond acceptors (Lipinski definition) is 3. The lowest BCUT2D eigenvalue weighted by molar-refractivity contribution is 0.0601. The van der Waals surface area contributed by atoms with E-state index in [9.17, 15) is 9.18 Å². The molecule has 0 atom stereocenters. The van der Waals surface area contributed by atoms with Crippen LogP contribution in [0.25, 0.3) is 0 Å². The van der Waals surface area contributed by atoms with E-state index in [1.165, 1.54) is 19.2 Å². The average molecular weight is 328 g/mol. The minimum atomic E-state index is -0.481. The second-order valence-corrected chi connectivity index (χ2v) is 5.10. The van der Waals surface area contributed by atoms with Gasteiger partial charge in [-0.15, -0.1) is 0 Å². The van der Waals surface area contributed by atoms with Crippen molar-refractivity contribution in [1.29, 1.82) is 0 Å². The van der Waals surface area contributed by atoms with Crippen molar-refractivity contribution in [1.82, 2.24) is 0 Å². The zero-order valence-corrected chi connectivity index (χ0v) is 12.6. The summed E-state index contributed by atoms with van der Waals surface area (Å²) >= 11 is 11.7. The zero-order valence-electron chi connectivity index (χ0n) is 11.1. The number of anilines is 1. The quantitative estimate of drug-likeness (QED) is 0.838. The fourth-order valence-corrected chi connectivity index (χ4v) is 2.05. The maximum Gasteiger partial charge on any atom is 0.337 e. The Morgan fingerprint density at radius 1 is 1.19 bits per heavy atom. The Hall–Kier alpha value is -1.78. The Morgan fingerprint density at radius 2 is 1.90 bits per heavy atom. The number of rotatable bonds is 4. The summed E-state index contributed by atoms with van der Waals surface area (Å²) in [7, 11) is 1.31. The number of carbonyl (C=O) groups is 1. The van der Waals surface area contributed by atoms with Crippen molar-refractivity contribution in [3.05, 3.63) is 63.4 Å². The summed E-state index contributed by atoms with van der Waals surface area (Å²) in [5.41, 5.74) is 1.65. The highest BCUT2D eigenvalue weighted by Crippen LogP contribution is 2.24. The Balaban J connectivity index is 2.15. The number of nitrogens with one attached hydrogen (secondary N) is 1. The minimum absolute atomic E-state index is 0.0736. The van der Waals surface area contributed by atoms with Crippen molar-refractivity contribution in [3.63, 3.8) is 0 Å². The molecule has 2 aromatic rings. The van der Waals surface area contributed by atoms with E-state index < -0.39 is 11.8 Å². The average Bonchev–Trinajstić information content (AvgIpc) is 2.49. The molecule has 110 valence electrons. The van der Waals surface area contributed by atoms with E-state index in [4.69, 9.17) is 23.2 Å². The van der Waals surface area contributed by atoms with Crippen LogP contribution < -0.4 is 5.32 Å². The molecule has 0 spiro atoms. The van der Waals surface area contributed by atoms with E-state index in [-0.39, 0.29) is 5.02 Å². The topological polar surface area (TPSA) is 38.3 Å². The molecule has 0 radical (unpaired) electrons. The van der Waals surface area contributed by atoms with Gasteiger partial charge in [-0.1, -0.05) is 29.3 Å². The van der Waals surface area contributed by atoms with Gasteiger partial charge < -0.3 is 10.1 Å². The van der Waals surface area contributed by atoms with Crippen LogP contribution in [-0.4, -0.2) is 13.1 Å². The van der Waals surface area contributed by atoms with E-state index in [0.29, 0.717) is 28.4 Å². The molecule has 0 amide bonds. The molecule has 21 heavy (non-hydrogen) atoms. The first-order valence-corrected chi connectivity index (χ1v) is 6.82. The van der Waals surface area contributed by atoms with Gasteiger partial charge in [0.05, 0.1) is 28.4 Å². The van der Waals surface area contributed by atoms with Gasteiger partial charge in [0.1, 0.15) is 5.82 Å². The van der Waals surface area contributed by atoms with Gasteiger partial charge in [-0.3, -0.25) is 0 Å². The third-order valence-corrected chi connectivity index (χ3v) is 3.49. The second kappa shape index (κ2) is 6.78. The lowest BCUT2D eigenvalue weighted by Gasteiger charge is -2.10. The molecule has 0 heterocycles. The SMILES string of the molecule is COC(=O)c1ccc(Cl)c(NCc2ccc(Cl)c(F)c2)c1. The van der Waals surface area contributed by atoms with E-state index in [2.05, 4.69) is 10.1 Å². The Labute approximate surface area is 131 Å². The van der Waals surface area contributed by atoms with Gasteiger partial charge >= 0.3 is 5.97 Å². The standard InChI is InChI=1S/C15H12Cl2FNO2/c1-21-15(20)10-3-5-12(17)14(7-10)19-8-9-2-4-11(16)13(18)6-9/h2-7,19H,8H2,1H3. The molecule has 0 fully saturated rings. The number of esters is 1. The number of benzene rings is 2. The van der Waals surface area contributed by atoms with Gasteiger partial charge in [0.2, 0.25) is 0 Å². The molecule has 2 rings (SSSR count). The molecule has 0 saturated carbocycles. The van der Waals surface area contributed by atoms with Crippen LogP contribution in [0.2, 0.25) is 10.0 Å². The van der Waals surface area contributed by atoms with Crippen LogP contribution >= 0.6 is 23.2 Å². The maximum absolute atomic E-state index is 13.4. The summed E-state index contributed by atoms with van der Waals surface area (Å²) in [5, 5.41) is 3.58. The molecule has 0 aromatic heterocycles. The monoisotopic (exact) mass is 327 g/mol. The van der Waals surface area contributed by atoms with Crippen molar-refractivity contribution >= 4 is 34.9 Å². The number of hydrogen-bond donors (Lipinski definition) is 1. The van der Waals surface area contributed by atoms with Crippen molar-refractivity contribution in [2.75, 3.05) is 12.4 Å². The zero-order chi connectivity index (χ0) is 15.4. The smallest absolute Gasteiger partial charge is 0.337 e. The summed E-state index contributed by atoms with van der Waals surface area (Å²) in [6.45, 7) is 0.346. The van der Waals surface area contributed by atoms with Crippen molar-refractivity contribution in [2.45, 2.75) is 6.54 Å². The predicted octanol–water partition coefficient (Wildman–Crippen LogP) is 4.53. The molecule has 0 aliphatic rings. The molecular weight excluding hydrogens is 316 g/mol. The molecule has 2 aromatic carbocycles. The highest BCUT2D eigenvalue weighted by atomic mass is 35.5. The summed E-state index contributed by atoms with van der Waals surface area (Å²) < 4.78 is 18.0. The van der Waals surface area contributed by atoms with E-state index >= 15 is 0 Å². The minimum Gasteiger partial charge on any atom is -0.465 e. The fourth-order valence-electron chi connectivity index (χ4n) is 1.75. The van der Waals surface area contributed by atoms with Crippen LogP contribution in [-0.2, 0) is 11.3 Å². The van der Waals surface area contributed by atoms with Gasteiger partial charge in [0.25, 0.3) is 0 Å². The van der Waals surface area contributed by atoms with Crippen LogP contribution in [0, 0.1) is 5.82 Å². The molecule has 3 nitrogen and oxygen atoms in total. The lowest BCUT2D eigenvalue weighted by Crippen LogP contribution is -2.04. The summed E-state index contributed by atoms with van der Waals surface area (Å²) in [6, 6.07) is 9.28. The van der Waals surface area contributed by atoms with Crippen molar-refractivity contribution < 1.29 is 13.9 Å². The Kier molecular flexibility index (Phi) is 5.04. The molecular formula is C15H12Cl2FNO2. The van der Waals surface area contributed by atoms with Crippen LogP contribution in [0.5, 0.6) is 0 Å². The molecule has 0 unspecified atom stereocenters. The molecule has 0 aliphatic carbocycles. The van der Waals surface area contributed by atoms with E-state index in [0.717, 1.165) is 0 Å². The van der Waals surface area contributed by atoms with E-state index in [1.54, 1.807) is 24.3 Å². The summed E-state index contributed by atoms with van der Waals surface area (Å²) in [6.07, 6.45) is 0. The van der Waals surface area contributed by atoms with Gasteiger partial charge in [-0.2, -0.15) is 0 Å². The maximum atomic E-state index is 13.4. The summed E-state index contributed by atoms with van der Waals surface area (Å²) in [5.74, 6) is -0.933. The predicted molar refractivity (Wildman–Crippen MR) is 81.5 cm³/mol. The van der Waals surface area contributed by atoms with Gasteiger partial charge in [-0.05, 0) is 35.9 Å². The third-order valence-electron chi connectivity index (χ3n) is 2.85. The first-order valence-electron chi connectivity index (χ1n) is 6.07. The molecule has 0 bridgehead atoms.